The molecule has 6 heteroatoms. The fourth-order valence-corrected chi connectivity index (χ4v) is 4.32. The Kier molecular flexibility index (Phi) is 4.65. The molecule has 0 saturated carbocycles. The third-order valence-electron chi connectivity index (χ3n) is 5.73. The van der Waals surface area contributed by atoms with E-state index in [2.05, 4.69) is 11.8 Å². The van der Waals surface area contributed by atoms with Crippen LogP contribution in [0.2, 0.25) is 0 Å². The van der Waals surface area contributed by atoms with Crippen LogP contribution in [0.4, 0.5) is 4.39 Å². The molecule has 3 aliphatic heterocycles. The lowest BCUT2D eigenvalue weighted by Crippen LogP contribution is -2.48. The summed E-state index contributed by atoms with van der Waals surface area (Å²) in [5, 5.41) is 0. The van der Waals surface area contributed by atoms with Gasteiger partial charge in [-0.15, -0.1) is 0 Å². The van der Waals surface area contributed by atoms with E-state index in [4.69, 9.17) is 9.47 Å². The molecule has 1 aromatic carbocycles. The van der Waals surface area contributed by atoms with E-state index >= 15 is 0 Å². The SMILES string of the molecule is CC[C@@H]1CN(C(=O)[C@H]2Cc3cc(F)ccc3O2)C[C@H]1N1CCOCC1. The summed E-state index contributed by atoms with van der Waals surface area (Å²) in [6, 6.07) is 4.87. The average molecular weight is 348 g/mol. The van der Waals surface area contributed by atoms with Gasteiger partial charge in [0.15, 0.2) is 6.10 Å². The summed E-state index contributed by atoms with van der Waals surface area (Å²) in [5.74, 6) is 0.875. The fourth-order valence-electron chi connectivity index (χ4n) is 4.32. The van der Waals surface area contributed by atoms with Gasteiger partial charge in [-0.2, -0.15) is 0 Å². The van der Waals surface area contributed by atoms with Crippen LogP contribution in [-0.4, -0.2) is 67.2 Å². The summed E-state index contributed by atoms with van der Waals surface area (Å²) in [6.07, 6.45) is 1.00. The average Bonchev–Trinajstić information content (AvgIpc) is 3.25. The van der Waals surface area contributed by atoms with E-state index in [1.807, 2.05) is 4.90 Å². The number of rotatable bonds is 3. The molecule has 5 nitrogen and oxygen atoms in total. The topological polar surface area (TPSA) is 42.0 Å². The van der Waals surface area contributed by atoms with E-state index in [9.17, 15) is 9.18 Å². The number of fused-ring (bicyclic) bond motifs is 1. The molecule has 0 aliphatic carbocycles. The number of carbonyl (C=O) groups is 1. The number of benzene rings is 1. The van der Waals surface area contributed by atoms with Gasteiger partial charge in [0.2, 0.25) is 0 Å². The summed E-state index contributed by atoms with van der Waals surface area (Å²) in [7, 11) is 0. The van der Waals surface area contributed by atoms with E-state index in [0.29, 0.717) is 24.1 Å². The smallest absolute Gasteiger partial charge is 0.264 e. The van der Waals surface area contributed by atoms with Gasteiger partial charge in [0.1, 0.15) is 11.6 Å². The number of likely N-dealkylation sites (tertiary alicyclic amines) is 1. The minimum absolute atomic E-state index is 0.0332. The van der Waals surface area contributed by atoms with Crippen molar-refractivity contribution >= 4 is 5.91 Å². The van der Waals surface area contributed by atoms with Crippen LogP contribution in [0.3, 0.4) is 0 Å². The molecule has 2 fully saturated rings. The van der Waals surface area contributed by atoms with Crippen molar-refractivity contribution < 1.29 is 18.7 Å². The summed E-state index contributed by atoms with van der Waals surface area (Å²) < 4.78 is 24.6. The van der Waals surface area contributed by atoms with Crippen molar-refractivity contribution in [2.45, 2.75) is 31.9 Å². The number of hydrogen-bond donors (Lipinski definition) is 0. The van der Waals surface area contributed by atoms with Crippen molar-refractivity contribution in [2.24, 2.45) is 5.92 Å². The lowest BCUT2D eigenvalue weighted by molar-refractivity contribution is -0.137. The van der Waals surface area contributed by atoms with E-state index in [0.717, 1.165) is 51.4 Å². The third kappa shape index (κ3) is 3.25. The minimum atomic E-state index is -0.516. The van der Waals surface area contributed by atoms with Crippen LogP contribution in [0.15, 0.2) is 18.2 Å². The first-order valence-corrected chi connectivity index (χ1v) is 9.21. The highest BCUT2D eigenvalue weighted by Crippen LogP contribution is 2.32. The molecule has 3 aliphatic rings. The molecule has 25 heavy (non-hydrogen) atoms. The second-order valence-corrected chi connectivity index (χ2v) is 7.19. The minimum Gasteiger partial charge on any atom is -0.480 e. The van der Waals surface area contributed by atoms with Crippen LogP contribution < -0.4 is 4.74 Å². The van der Waals surface area contributed by atoms with Crippen molar-refractivity contribution in [3.63, 3.8) is 0 Å². The van der Waals surface area contributed by atoms with Crippen LogP contribution in [0.5, 0.6) is 5.75 Å². The second kappa shape index (κ2) is 6.92. The Hall–Kier alpha value is -1.66. The van der Waals surface area contributed by atoms with Gasteiger partial charge in [-0.05, 0) is 24.1 Å². The Labute approximate surface area is 147 Å². The van der Waals surface area contributed by atoms with Crippen LogP contribution in [-0.2, 0) is 16.0 Å². The Balaban J connectivity index is 1.43. The molecular weight excluding hydrogens is 323 g/mol. The van der Waals surface area contributed by atoms with E-state index in [-0.39, 0.29) is 11.7 Å². The van der Waals surface area contributed by atoms with Crippen molar-refractivity contribution in [3.05, 3.63) is 29.6 Å². The first-order chi connectivity index (χ1) is 12.2. The second-order valence-electron chi connectivity index (χ2n) is 7.19. The maximum atomic E-state index is 13.4. The largest absolute Gasteiger partial charge is 0.480 e. The predicted molar refractivity (Wildman–Crippen MR) is 91.1 cm³/mol. The number of ether oxygens (including phenoxy) is 2. The molecule has 1 aromatic rings. The van der Waals surface area contributed by atoms with Gasteiger partial charge in [0.25, 0.3) is 5.91 Å². The fraction of sp³-hybridized carbons (Fsp3) is 0.632. The normalized spacial score (nSPS) is 29.5. The highest BCUT2D eigenvalue weighted by Gasteiger charge is 2.41. The molecule has 0 aromatic heterocycles. The molecule has 0 bridgehead atoms. The molecule has 3 atom stereocenters. The molecular formula is C19H25FN2O3. The monoisotopic (exact) mass is 348 g/mol. The number of morpholine rings is 1. The molecule has 0 radical (unpaired) electrons. The highest BCUT2D eigenvalue weighted by molar-refractivity contribution is 5.83. The van der Waals surface area contributed by atoms with Gasteiger partial charge < -0.3 is 14.4 Å². The van der Waals surface area contributed by atoms with Gasteiger partial charge in [0.05, 0.1) is 13.2 Å². The summed E-state index contributed by atoms with van der Waals surface area (Å²) in [4.78, 5) is 17.4. The summed E-state index contributed by atoms with van der Waals surface area (Å²) in [6.45, 7) is 7.14. The Morgan fingerprint density at radius 2 is 2.08 bits per heavy atom. The van der Waals surface area contributed by atoms with Gasteiger partial charge in [0, 0.05) is 44.2 Å². The predicted octanol–water partition coefficient (Wildman–Crippen LogP) is 1.70. The molecule has 0 spiro atoms. The van der Waals surface area contributed by atoms with Crippen molar-refractivity contribution in [3.8, 4) is 5.75 Å². The maximum Gasteiger partial charge on any atom is 0.264 e. The zero-order valence-corrected chi connectivity index (χ0v) is 14.6. The first-order valence-electron chi connectivity index (χ1n) is 9.21. The standard InChI is InChI=1S/C19H25FN2O3/c1-2-13-11-22(12-16(13)21-5-7-24-8-6-21)19(23)18-10-14-9-15(20)3-4-17(14)25-18/h3-4,9,13,16,18H,2,5-8,10-12H2,1H3/t13-,16-,18-/m1/s1. The van der Waals surface area contributed by atoms with Crippen molar-refractivity contribution in [2.75, 3.05) is 39.4 Å². The molecule has 0 unspecified atom stereocenters. The first kappa shape index (κ1) is 16.8. The van der Waals surface area contributed by atoms with E-state index < -0.39 is 6.10 Å². The number of nitrogens with zero attached hydrogens (tertiary/aromatic N) is 2. The third-order valence-corrected chi connectivity index (χ3v) is 5.73. The van der Waals surface area contributed by atoms with Gasteiger partial charge in [-0.25, -0.2) is 4.39 Å². The van der Waals surface area contributed by atoms with Gasteiger partial charge >= 0.3 is 0 Å². The van der Waals surface area contributed by atoms with Crippen LogP contribution >= 0.6 is 0 Å². The highest BCUT2D eigenvalue weighted by atomic mass is 19.1. The Morgan fingerprint density at radius 1 is 1.28 bits per heavy atom. The molecule has 4 rings (SSSR count). The Morgan fingerprint density at radius 3 is 2.84 bits per heavy atom. The molecule has 0 N–H and O–H groups in total. The lowest BCUT2D eigenvalue weighted by atomic mass is 9.99. The van der Waals surface area contributed by atoms with Crippen LogP contribution in [0, 0.1) is 11.7 Å². The number of carbonyl (C=O) groups excluding carboxylic acids is 1. The number of hydrogen-bond acceptors (Lipinski definition) is 4. The summed E-state index contributed by atoms with van der Waals surface area (Å²) >= 11 is 0. The number of amides is 1. The van der Waals surface area contributed by atoms with Gasteiger partial charge in [-0.1, -0.05) is 13.3 Å². The van der Waals surface area contributed by atoms with E-state index in [1.165, 1.54) is 12.1 Å². The maximum absolute atomic E-state index is 13.4. The molecule has 3 heterocycles. The molecule has 2 saturated heterocycles. The quantitative estimate of drug-likeness (QED) is 0.834. The molecule has 136 valence electrons. The molecule has 1 amide bonds. The lowest BCUT2D eigenvalue weighted by Gasteiger charge is -2.34. The van der Waals surface area contributed by atoms with Crippen LogP contribution in [0.1, 0.15) is 18.9 Å². The van der Waals surface area contributed by atoms with Crippen molar-refractivity contribution in [1.29, 1.82) is 0 Å². The van der Waals surface area contributed by atoms with Crippen LogP contribution in [0.25, 0.3) is 0 Å². The van der Waals surface area contributed by atoms with E-state index in [1.54, 1.807) is 6.07 Å². The van der Waals surface area contributed by atoms with Gasteiger partial charge in [-0.3, -0.25) is 9.69 Å². The Bertz CT molecular complexity index is 648. The number of halogens is 1. The van der Waals surface area contributed by atoms with Crippen molar-refractivity contribution in [1.82, 2.24) is 9.80 Å². The summed E-state index contributed by atoms with van der Waals surface area (Å²) in [5.41, 5.74) is 0.786. The zero-order chi connectivity index (χ0) is 17.4. The zero-order valence-electron chi connectivity index (χ0n) is 14.6.